The number of pyridine rings is 2. The van der Waals surface area contributed by atoms with Crippen molar-refractivity contribution in [2.24, 2.45) is 0 Å². The molecule has 0 saturated heterocycles. The number of hydrogen-bond donors (Lipinski definition) is 0. The Labute approximate surface area is 284 Å². The standard InChI is InChI=1S/C45H29N3O/c1-3-9-30(10-4-1)32-15-17-34(18-16-32)36-23-25-40-39(27-36)38(28-43(47-40)35-21-19-33(20-22-35)31-11-5-2-6-12-31)37-24-26-42(46-29-37)45-48-41-13-7-8-14-44(41)49-45/h1-29H. The SMILES string of the molecule is c1ccc(-c2ccc(-c3ccc4nc(-c5ccc(-c6ccccc6)cc5)cc(-c5ccc(-c6nc7ccccc7o6)nc5)c4c3)cc2)cc1. The van der Waals surface area contributed by atoms with E-state index in [0.717, 1.165) is 55.5 Å². The van der Waals surface area contributed by atoms with Crippen LogP contribution < -0.4 is 0 Å². The van der Waals surface area contributed by atoms with Gasteiger partial charge in [0.05, 0.1) is 11.2 Å². The highest BCUT2D eigenvalue weighted by Crippen LogP contribution is 2.36. The van der Waals surface area contributed by atoms with Crippen LogP contribution in [-0.4, -0.2) is 15.0 Å². The zero-order valence-electron chi connectivity index (χ0n) is 26.5. The van der Waals surface area contributed by atoms with Crippen molar-refractivity contribution in [1.29, 1.82) is 0 Å². The van der Waals surface area contributed by atoms with Crippen LogP contribution in [0.15, 0.2) is 180 Å². The summed E-state index contributed by atoms with van der Waals surface area (Å²) in [6.07, 6.45) is 1.91. The topological polar surface area (TPSA) is 51.8 Å². The Morgan fingerprint density at radius 2 is 0.918 bits per heavy atom. The third-order valence-corrected chi connectivity index (χ3v) is 9.01. The summed E-state index contributed by atoms with van der Waals surface area (Å²) in [5, 5.41) is 1.06. The van der Waals surface area contributed by atoms with Crippen molar-refractivity contribution in [3.63, 3.8) is 0 Å². The molecule has 49 heavy (non-hydrogen) atoms. The smallest absolute Gasteiger partial charge is 0.246 e. The van der Waals surface area contributed by atoms with E-state index < -0.39 is 0 Å². The van der Waals surface area contributed by atoms with Gasteiger partial charge in [-0.25, -0.2) is 9.97 Å². The van der Waals surface area contributed by atoms with Crippen molar-refractivity contribution in [2.75, 3.05) is 0 Å². The Morgan fingerprint density at radius 3 is 1.55 bits per heavy atom. The molecule has 9 aromatic rings. The minimum absolute atomic E-state index is 0.507. The van der Waals surface area contributed by atoms with Gasteiger partial charge in [-0.15, -0.1) is 0 Å². The molecule has 0 bridgehead atoms. The molecule has 3 aromatic heterocycles. The van der Waals surface area contributed by atoms with Crippen LogP contribution in [0.5, 0.6) is 0 Å². The summed E-state index contributed by atoms with van der Waals surface area (Å²) >= 11 is 0. The lowest BCUT2D eigenvalue weighted by Gasteiger charge is -2.13. The first kappa shape index (κ1) is 28.6. The summed E-state index contributed by atoms with van der Waals surface area (Å²) in [6.45, 7) is 0. The molecule has 3 heterocycles. The molecule has 0 unspecified atom stereocenters. The summed E-state index contributed by atoms with van der Waals surface area (Å²) in [6, 6.07) is 58.8. The monoisotopic (exact) mass is 627 g/mol. The highest BCUT2D eigenvalue weighted by molar-refractivity contribution is 5.99. The number of fused-ring (bicyclic) bond motifs is 2. The number of oxazole rings is 1. The molecule has 0 aliphatic heterocycles. The third-order valence-electron chi connectivity index (χ3n) is 9.01. The number of para-hydroxylation sites is 2. The van der Waals surface area contributed by atoms with Crippen LogP contribution in [0.25, 0.3) is 89.4 Å². The van der Waals surface area contributed by atoms with Gasteiger partial charge in [0.1, 0.15) is 11.2 Å². The Hall–Kier alpha value is -6.65. The number of rotatable bonds is 6. The average molecular weight is 628 g/mol. The van der Waals surface area contributed by atoms with Crippen molar-refractivity contribution in [1.82, 2.24) is 15.0 Å². The second-order valence-electron chi connectivity index (χ2n) is 12.1. The van der Waals surface area contributed by atoms with Crippen LogP contribution in [-0.2, 0) is 0 Å². The zero-order chi connectivity index (χ0) is 32.6. The molecule has 4 heteroatoms. The maximum Gasteiger partial charge on any atom is 0.246 e. The number of nitrogens with zero attached hydrogens (tertiary/aromatic N) is 3. The summed E-state index contributed by atoms with van der Waals surface area (Å²) in [4.78, 5) is 14.6. The van der Waals surface area contributed by atoms with E-state index in [-0.39, 0.29) is 0 Å². The molecular formula is C45H29N3O. The molecule has 0 atom stereocenters. The lowest BCUT2D eigenvalue weighted by Crippen LogP contribution is -1.92. The van der Waals surface area contributed by atoms with Gasteiger partial charge in [-0.05, 0) is 75.3 Å². The lowest BCUT2D eigenvalue weighted by molar-refractivity contribution is 0.617. The van der Waals surface area contributed by atoms with E-state index in [4.69, 9.17) is 14.4 Å². The average Bonchev–Trinajstić information content (AvgIpc) is 3.63. The molecule has 0 amide bonds. The molecular weight excluding hydrogens is 599 g/mol. The van der Waals surface area contributed by atoms with Crippen LogP contribution in [0.2, 0.25) is 0 Å². The molecule has 0 N–H and O–H groups in total. The Kier molecular flexibility index (Phi) is 7.10. The highest BCUT2D eigenvalue weighted by atomic mass is 16.3. The van der Waals surface area contributed by atoms with Crippen LogP contribution in [0.4, 0.5) is 0 Å². The van der Waals surface area contributed by atoms with Crippen LogP contribution in [0.1, 0.15) is 0 Å². The minimum atomic E-state index is 0.507. The number of hydrogen-bond acceptors (Lipinski definition) is 4. The van der Waals surface area contributed by atoms with Gasteiger partial charge in [-0.2, -0.15) is 0 Å². The summed E-state index contributed by atoms with van der Waals surface area (Å²) in [5.41, 5.74) is 14.2. The maximum absolute atomic E-state index is 6.01. The molecule has 4 nitrogen and oxygen atoms in total. The van der Waals surface area contributed by atoms with Crippen molar-refractivity contribution in [2.45, 2.75) is 0 Å². The van der Waals surface area contributed by atoms with Crippen LogP contribution in [0.3, 0.4) is 0 Å². The molecule has 0 fully saturated rings. The molecule has 0 aliphatic rings. The first-order valence-electron chi connectivity index (χ1n) is 16.3. The van der Waals surface area contributed by atoms with E-state index in [1.807, 2.05) is 48.7 Å². The second kappa shape index (κ2) is 12.2. The van der Waals surface area contributed by atoms with Gasteiger partial charge in [0.25, 0.3) is 0 Å². The molecule has 9 rings (SSSR count). The number of benzene rings is 6. The molecule has 0 aliphatic carbocycles. The fourth-order valence-corrected chi connectivity index (χ4v) is 6.40. The van der Waals surface area contributed by atoms with E-state index in [1.54, 1.807) is 0 Å². The Morgan fingerprint density at radius 1 is 0.367 bits per heavy atom. The van der Waals surface area contributed by atoms with E-state index in [0.29, 0.717) is 11.6 Å². The third kappa shape index (κ3) is 5.56. The van der Waals surface area contributed by atoms with Gasteiger partial charge >= 0.3 is 0 Å². The van der Waals surface area contributed by atoms with E-state index in [2.05, 4.69) is 132 Å². The predicted molar refractivity (Wildman–Crippen MR) is 200 cm³/mol. The summed E-state index contributed by atoms with van der Waals surface area (Å²) in [7, 11) is 0. The lowest BCUT2D eigenvalue weighted by atomic mass is 9.95. The van der Waals surface area contributed by atoms with E-state index >= 15 is 0 Å². The molecule has 6 aromatic carbocycles. The van der Waals surface area contributed by atoms with Crippen molar-refractivity contribution < 1.29 is 4.42 Å². The predicted octanol–water partition coefficient (Wildman–Crippen LogP) is 11.8. The largest absolute Gasteiger partial charge is 0.435 e. The van der Waals surface area contributed by atoms with Gasteiger partial charge in [0, 0.05) is 22.7 Å². The van der Waals surface area contributed by atoms with E-state index in [9.17, 15) is 0 Å². The fourth-order valence-electron chi connectivity index (χ4n) is 6.40. The zero-order valence-corrected chi connectivity index (χ0v) is 26.5. The summed E-state index contributed by atoms with van der Waals surface area (Å²) in [5.74, 6) is 0.507. The second-order valence-corrected chi connectivity index (χ2v) is 12.1. The van der Waals surface area contributed by atoms with Gasteiger partial charge in [-0.1, -0.05) is 133 Å². The van der Waals surface area contributed by atoms with Crippen molar-refractivity contribution in [3.05, 3.63) is 176 Å². The first-order chi connectivity index (χ1) is 24.2. The molecule has 0 saturated carbocycles. The van der Waals surface area contributed by atoms with Crippen molar-refractivity contribution in [3.8, 4) is 67.3 Å². The van der Waals surface area contributed by atoms with Gasteiger partial charge in [0.2, 0.25) is 5.89 Å². The summed E-state index contributed by atoms with van der Waals surface area (Å²) < 4.78 is 6.01. The van der Waals surface area contributed by atoms with Gasteiger partial charge in [-0.3, -0.25) is 4.98 Å². The molecule has 0 spiro atoms. The van der Waals surface area contributed by atoms with Crippen LogP contribution >= 0.6 is 0 Å². The quantitative estimate of drug-likeness (QED) is 0.184. The van der Waals surface area contributed by atoms with Crippen LogP contribution in [0, 0.1) is 0 Å². The van der Waals surface area contributed by atoms with E-state index in [1.165, 1.54) is 22.3 Å². The normalized spacial score (nSPS) is 11.3. The minimum Gasteiger partial charge on any atom is -0.435 e. The molecule has 230 valence electrons. The molecule has 0 radical (unpaired) electrons. The van der Waals surface area contributed by atoms with Gasteiger partial charge in [0.15, 0.2) is 5.58 Å². The Balaban J connectivity index is 1.13. The maximum atomic E-state index is 6.01. The van der Waals surface area contributed by atoms with Crippen molar-refractivity contribution >= 4 is 22.0 Å². The Bertz CT molecular complexity index is 2520. The first-order valence-corrected chi connectivity index (χ1v) is 16.3. The number of aromatic nitrogens is 3. The fraction of sp³-hybridized carbons (Fsp3) is 0. The van der Waals surface area contributed by atoms with Gasteiger partial charge < -0.3 is 4.42 Å². The highest BCUT2D eigenvalue weighted by Gasteiger charge is 2.14.